The van der Waals surface area contributed by atoms with Gasteiger partial charge in [-0.05, 0) is 41.8 Å². The van der Waals surface area contributed by atoms with Crippen molar-refractivity contribution in [2.75, 3.05) is 25.5 Å². The van der Waals surface area contributed by atoms with E-state index in [0.29, 0.717) is 5.75 Å². The van der Waals surface area contributed by atoms with E-state index in [1.807, 2.05) is 37.3 Å². The molecule has 0 aliphatic carbocycles. The minimum absolute atomic E-state index is 0.0107. The minimum Gasteiger partial charge on any atom is -0.479 e. The fourth-order valence-corrected chi connectivity index (χ4v) is 2.52. The molecule has 0 atom stereocenters. The van der Waals surface area contributed by atoms with Gasteiger partial charge in [0.1, 0.15) is 11.8 Å². The van der Waals surface area contributed by atoms with Crippen LogP contribution in [0.5, 0.6) is 5.75 Å². The molecule has 28 heavy (non-hydrogen) atoms. The number of likely N-dealkylation sites (N-methyl/N-ethyl adjacent to an activating group) is 1. The average molecular weight is 377 g/mol. The van der Waals surface area contributed by atoms with Crippen LogP contribution >= 0.6 is 0 Å². The van der Waals surface area contributed by atoms with Gasteiger partial charge < -0.3 is 15.0 Å². The van der Waals surface area contributed by atoms with Crippen LogP contribution in [0.15, 0.2) is 54.6 Å². The normalized spacial score (nSPS) is 10.3. The second-order valence-electron chi connectivity index (χ2n) is 6.10. The van der Waals surface area contributed by atoms with Crippen LogP contribution in [0.3, 0.4) is 0 Å². The summed E-state index contributed by atoms with van der Waals surface area (Å²) >= 11 is 0. The zero-order chi connectivity index (χ0) is 20.4. The lowest BCUT2D eigenvalue weighted by atomic mass is 10.1. The van der Waals surface area contributed by atoms with Gasteiger partial charge in [0.05, 0.1) is 6.54 Å². The molecule has 0 spiro atoms. The van der Waals surface area contributed by atoms with E-state index in [-0.39, 0.29) is 25.0 Å². The van der Waals surface area contributed by atoms with Crippen LogP contribution in [-0.4, -0.2) is 36.9 Å². The molecule has 0 saturated carbocycles. The number of rotatable bonds is 8. The maximum atomic E-state index is 12.2. The maximum absolute atomic E-state index is 12.2. The van der Waals surface area contributed by atoms with E-state index >= 15 is 0 Å². The molecule has 0 radical (unpaired) electrons. The predicted molar refractivity (Wildman–Crippen MR) is 109 cm³/mol. The Morgan fingerprint density at radius 3 is 2.57 bits per heavy atom. The summed E-state index contributed by atoms with van der Waals surface area (Å²) in [6.07, 6.45) is 3.89. The van der Waals surface area contributed by atoms with Gasteiger partial charge in [-0.15, -0.1) is 0 Å². The van der Waals surface area contributed by atoms with Crippen molar-refractivity contribution in [1.82, 2.24) is 4.90 Å². The zero-order valence-corrected chi connectivity index (χ0v) is 16.0. The molecule has 2 rings (SSSR count). The number of ether oxygens (including phenoxy) is 1. The highest BCUT2D eigenvalue weighted by atomic mass is 16.5. The standard InChI is InChI=1S/C22H23N3O3/c1-3-18-6-4-5-7-20(18)24-21(26)16-25(2)22(27)13-10-17-8-11-19(12-9-17)28-15-14-23/h4-13H,3,15-16H2,1-2H3,(H,24,26)/b13-10+. The first kappa shape index (κ1) is 20.7. The van der Waals surface area contributed by atoms with Crippen molar-refractivity contribution in [3.8, 4) is 11.8 Å². The van der Waals surface area contributed by atoms with Crippen molar-refractivity contribution < 1.29 is 14.3 Å². The van der Waals surface area contributed by atoms with E-state index < -0.39 is 0 Å². The lowest BCUT2D eigenvalue weighted by Gasteiger charge is -2.16. The van der Waals surface area contributed by atoms with Gasteiger partial charge in [0, 0.05) is 18.8 Å². The number of carbonyl (C=O) groups is 2. The number of hydrogen-bond donors (Lipinski definition) is 1. The Hall–Kier alpha value is -3.59. The van der Waals surface area contributed by atoms with Crippen LogP contribution in [-0.2, 0) is 16.0 Å². The summed E-state index contributed by atoms with van der Waals surface area (Å²) in [6.45, 7) is 1.97. The monoisotopic (exact) mass is 377 g/mol. The van der Waals surface area contributed by atoms with Crippen molar-refractivity contribution in [3.63, 3.8) is 0 Å². The number of carbonyl (C=O) groups excluding carboxylic acids is 2. The number of nitrogens with one attached hydrogen (secondary N) is 1. The number of para-hydroxylation sites is 1. The molecule has 0 unspecified atom stereocenters. The number of nitrogens with zero attached hydrogens (tertiary/aromatic N) is 2. The third kappa shape index (κ3) is 6.29. The highest BCUT2D eigenvalue weighted by molar-refractivity contribution is 5.98. The van der Waals surface area contributed by atoms with Crippen LogP contribution in [0, 0.1) is 11.3 Å². The molecule has 144 valence electrons. The molecule has 0 heterocycles. The maximum Gasteiger partial charge on any atom is 0.246 e. The van der Waals surface area contributed by atoms with Crippen molar-refractivity contribution in [3.05, 3.63) is 65.7 Å². The van der Waals surface area contributed by atoms with Crippen molar-refractivity contribution in [1.29, 1.82) is 5.26 Å². The van der Waals surface area contributed by atoms with Gasteiger partial charge in [-0.25, -0.2) is 0 Å². The molecule has 0 aliphatic rings. The van der Waals surface area contributed by atoms with E-state index in [1.54, 1.807) is 37.4 Å². The van der Waals surface area contributed by atoms with Crippen LogP contribution in [0.2, 0.25) is 0 Å². The molecule has 6 heteroatoms. The molecule has 0 saturated heterocycles. The SMILES string of the molecule is CCc1ccccc1NC(=O)CN(C)C(=O)/C=C/c1ccc(OCC#N)cc1. The number of aryl methyl sites for hydroxylation is 1. The first-order valence-electron chi connectivity index (χ1n) is 8.94. The molecule has 0 aliphatic heterocycles. The topological polar surface area (TPSA) is 82.4 Å². The number of amides is 2. The molecule has 6 nitrogen and oxygen atoms in total. The summed E-state index contributed by atoms with van der Waals surface area (Å²) in [5.74, 6) is 0.0686. The lowest BCUT2D eigenvalue weighted by molar-refractivity contribution is -0.129. The Morgan fingerprint density at radius 1 is 1.18 bits per heavy atom. The highest BCUT2D eigenvalue weighted by Crippen LogP contribution is 2.15. The van der Waals surface area contributed by atoms with E-state index in [4.69, 9.17) is 10.00 Å². The van der Waals surface area contributed by atoms with Crippen molar-refractivity contribution in [2.45, 2.75) is 13.3 Å². The Kier molecular flexibility index (Phi) is 7.79. The molecular formula is C22H23N3O3. The summed E-state index contributed by atoms with van der Waals surface area (Å²) in [4.78, 5) is 25.8. The second kappa shape index (κ2) is 10.5. The van der Waals surface area contributed by atoms with E-state index in [2.05, 4.69) is 5.32 Å². The Morgan fingerprint density at radius 2 is 1.89 bits per heavy atom. The molecule has 0 fully saturated rings. The third-order valence-corrected chi connectivity index (χ3v) is 4.03. The molecule has 0 aromatic heterocycles. The van der Waals surface area contributed by atoms with Gasteiger partial charge in [-0.2, -0.15) is 5.26 Å². The van der Waals surface area contributed by atoms with Gasteiger partial charge in [0.25, 0.3) is 0 Å². The molecule has 2 aromatic carbocycles. The summed E-state index contributed by atoms with van der Waals surface area (Å²) in [7, 11) is 1.58. The van der Waals surface area contributed by atoms with Crippen LogP contribution in [0.4, 0.5) is 5.69 Å². The number of benzene rings is 2. The second-order valence-corrected chi connectivity index (χ2v) is 6.10. The van der Waals surface area contributed by atoms with Gasteiger partial charge in [0.15, 0.2) is 6.61 Å². The zero-order valence-electron chi connectivity index (χ0n) is 16.0. The summed E-state index contributed by atoms with van der Waals surface area (Å²) in [6, 6.07) is 16.5. The molecular weight excluding hydrogens is 354 g/mol. The van der Waals surface area contributed by atoms with Crippen molar-refractivity contribution in [2.24, 2.45) is 0 Å². The highest BCUT2D eigenvalue weighted by Gasteiger charge is 2.12. The van der Waals surface area contributed by atoms with Gasteiger partial charge in [0.2, 0.25) is 11.8 Å². The smallest absolute Gasteiger partial charge is 0.246 e. The van der Waals surface area contributed by atoms with E-state index in [0.717, 1.165) is 23.2 Å². The fourth-order valence-electron chi connectivity index (χ4n) is 2.52. The summed E-state index contributed by atoms with van der Waals surface area (Å²) < 4.78 is 5.18. The Labute approximate surface area is 165 Å². The third-order valence-electron chi connectivity index (χ3n) is 4.03. The van der Waals surface area contributed by atoms with E-state index in [1.165, 1.54) is 11.0 Å². The first-order chi connectivity index (χ1) is 13.5. The van der Waals surface area contributed by atoms with Gasteiger partial charge in [-0.3, -0.25) is 9.59 Å². The number of anilines is 1. The molecule has 1 N–H and O–H groups in total. The van der Waals surface area contributed by atoms with Gasteiger partial charge >= 0.3 is 0 Å². The Balaban J connectivity index is 1.88. The largest absolute Gasteiger partial charge is 0.479 e. The summed E-state index contributed by atoms with van der Waals surface area (Å²) in [5, 5.41) is 11.3. The quantitative estimate of drug-likeness (QED) is 0.716. The van der Waals surface area contributed by atoms with Crippen molar-refractivity contribution >= 4 is 23.6 Å². The number of nitriles is 1. The average Bonchev–Trinajstić information content (AvgIpc) is 2.71. The van der Waals surface area contributed by atoms with Crippen LogP contribution in [0.25, 0.3) is 6.08 Å². The van der Waals surface area contributed by atoms with Crippen LogP contribution < -0.4 is 10.1 Å². The molecule has 0 bridgehead atoms. The fraction of sp³-hybridized carbons (Fsp3) is 0.227. The van der Waals surface area contributed by atoms with Gasteiger partial charge in [-0.1, -0.05) is 37.3 Å². The lowest BCUT2D eigenvalue weighted by Crippen LogP contribution is -2.34. The minimum atomic E-state index is -0.274. The molecule has 2 amide bonds. The Bertz CT molecular complexity index is 883. The molecule has 2 aromatic rings. The predicted octanol–water partition coefficient (Wildman–Crippen LogP) is 3.26. The number of hydrogen-bond acceptors (Lipinski definition) is 4. The van der Waals surface area contributed by atoms with Crippen LogP contribution in [0.1, 0.15) is 18.1 Å². The van der Waals surface area contributed by atoms with E-state index in [9.17, 15) is 9.59 Å². The first-order valence-corrected chi connectivity index (χ1v) is 8.94. The summed E-state index contributed by atoms with van der Waals surface area (Å²) in [5.41, 5.74) is 2.63.